The molecule has 0 aromatic carbocycles. The maximum absolute atomic E-state index is 11.4. The Hall–Kier alpha value is -1.89. The highest BCUT2D eigenvalue weighted by Gasteiger charge is 2.10. The van der Waals surface area contributed by atoms with Crippen molar-refractivity contribution in [1.82, 2.24) is 19.6 Å². The van der Waals surface area contributed by atoms with Crippen molar-refractivity contribution in [2.24, 2.45) is 5.73 Å². The van der Waals surface area contributed by atoms with Crippen molar-refractivity contribution in [2.75, 3.05) is 5.32 Å². The van der Waals surface area contributed by atoms with E-state index >= 15 is 0 Å². The number of hydrogen-bond acceptors (Lipinski definition) is 5. The highest BCUT2D eigenvalue weighted by Crippen LogP contribution is 2.10. The van der Waals surface area contributed by atoms with Gasteiger partial charge in [0.25, 0.3) is 0 Å². The molecule has 0 aliphatic rings. The van der Waals surface area contributed by atoms with Gasteiger partial charge in [0, 0.05) is 18.2 Å². The summed E-state index contributed by atoms with van der Waals surface area (Å²) in [5, 5.41) is 9.58. The molecule has 4 N–H and O–H groups in total. The summed E-state index contributed by atoms with van der Waals surface area (Å²) in [6.07, 6.45) is 0.847. The molecule has 0 bridgehead atoms. The highest BCUT2D eigenvalue weighted by atomic mass is 16.1. The van der Waals surface area contributed by atoms with Crippen LogP contribution in [-0.4, -0.2) is 31.7 Å². The van der Waals surface area contributed by atoms with E-state index in [0.29, 0.717) is 17.3 Å². The number of fused-ring (bicyclic) bond motifs is 1. The van der Waals surface area contributed by atoms with Crippen LogP contribution in [-0.2, 0) is 0 Å². The fourth-order valence-electron chi connectivity index (χ4n) is 2.04. The average molecular weight is 250 g/mol. The second-order valence-corrected chi connectivity index (χ2v) is 4.67. The Bertz CT molecular complexity index is 599. The Morgan fingerprint density at radius 3 is 2.94 bits per heavy atom. The summed E-state index contributed by atoms with van der Waals surface area (Å²) >= 11 is 0. The van der Waals surface area contributed by atoms with Gasteiger partial charge >= 0.3 is 5.69 Å². The lowest BCUT2D eigenvalue weighted by Gasteiger charge is -2.16. The fraction of sp³-hybridized carbons (Fsp3) is 0.545. The van der Waals surface area contributed by atoms with Gasteiger partial charge in [0.2, 0.25) is 0 Å². The molecule has 7 heteroatoms. The number of anilines is 1. The van der Waals surface area contributed by atoms with Crippen molar-refractivity contribution in [3.63, 3.8) is 0 Å². The van der Waals surface area contributed by atoms with Crippen molar-refractivity contribution in [1.29, 1.82) is 0 Å². The summed E-state index contributed by atoms with van der Waals surface area (Å²) in [4.78, 5) is 15.8. The zero-order chi connectivity index (χ0) is 13.3. The van der Waals surface area contributed by atoms with Crippen molar-refractivity contribution >= 4 is 11.5 Å². The maximum Gasteiger partial charge on any atom is 0.349 e. The molecule has 2 rings (SSSR count). The van der Waals surface area contributed by atoms with Gasteiger partial charge < -0.3 is 11.1 Å². The van der Waals surface area contributed by atoms with Crippen LogP contribution in [0.5, 0.6) is 0 Å². The van der Waals surface area contributed by atoms with Crippen molar-refractivity contribution in [3.8, 4) is 0 Å². The Morgan fingerprint density at radius 1 is 1.56 bits per heavy atom. The van der Waals surface area contributed by atoms with Crippen LogP contribution in [0.25, 0.3) is 5.65 Å². The van der Waals surface area contributed by atoms with E-state index in [0.717, 1.165) is 6.42 Å². The van der Waals surface area contributed by atoms with Crippen LogP contribution >= 0.6 is 0 Å². The minimum Gasteiger partial charge on any atom is -0.367 e. The molecule has 0 saturated heterocycles. The van der Waals surface area contributed by atoms with Crippen LogP contribution in [0.15, 0.2) is 10.9 Å². The molecule has 0 aliphatic carbocycles. The number of rotatable bonds is 4. The second kappa shape index (κ2) is 4.77. The number of aryl methyl sites for hydroxylation is 1. The first kappa shape index (κ1) is 12.6. The van der Waals surface area contributed by atoms with Gasteiger partial charge in [0.1, 0.15) is 11.6 Å². The van der Waals surface area contributed by atoms with Crippen LogP contribution in [0.1, 0.15) is 26.1 Å². The van der Waals surface area contributed by atoms with Crippen LogP contribution in [0.2, 0.25) is 0 Å². The predicted octanol–water partition coefficient (Wildman–Crippen LogP) is 0.264. The minimum atomic E-state index is -0.273. The molecule has 7 nitrogen and oxygen atoms in total. The van der Waals surface area contributed by atoms with E-state index in [1.165, 1.54) is 4.40 Å². The lowest BCUT2D eigenvalue weighted by atomic mass is 10.1. The zero-order valence-corrected chi connectivity index (χ0v) is 10.8. The summed E-state index contributed by atoms with van der Waals surface area (Å²) in [5.74, 6) is 1.30. The molecule has 2 unspecified atom stereocenters. The van der Waals surface area contributed by atoms with Crippen LogP contribution in [0, 0.1) is 6.92 Å². The van der Waals surface area contributed by atoms with Gasteiger partial charge in [0.15, 0.2) is 5.65 Å². The SMILES string of the molecule is Cc1nc(NC(C)CC(C)N)cc2n[nH]c(=O)n12. The van der Waals surface area contributed by atoms with E-state index in [2.05, 4.69) is 20.5 Å². The van der Waals surface area contributed by atoms with Crippen molar-refractivity contribution in [3.05, 3.63) is 22.4 Å². The number of hydrogen-bond donors (Lipinski definition) is 3. The molecular weight excluding hydrogens is 232 g/mol. The maximum atomic E-state index is 11.4. The van der Waals surface area contributed by atoms with E-state index < -0.39 is 0 Å². The summed E-state index contributed by atoms with van der Waals surface area (Å²) < 4.78 is 1.43. The molecule has 0 amide bonds. The van der Waals surface area contributed by atoms with Crippen molar-refractivity contribution in [2.45, 2.75) is 39.3 Å². The van der Waals surface area contributed by atoms with Crippen LogP contribution in [0.4, 0.5) is 5.82 Å². The number of H-pyrrole nitrogens is 1. The zero-order valence-electron chi connectivity index (χ0n) is 10.8. The molecule has 0 fully saturated rings. The second-order valence-electron chi connectivity index (χ2n) is 4.67. The predicted molar refractivity (Wildman–Crippen MR) is 69.7 cm³/mol. The third-order valence-corrected chi connectivity index (χ3v) is 2.69. The Kier molecular flexibility index (Phi) is 3.33. The largest absolute Gasteiger partial charge is 0.367 e. The third kappa shape index (κ3) is 2.51. The number of nitrogens with two attached hydrogens (primary N) is 1. The van der Waals surface area contributed by atoms with E-state index in [4.69, 9.17) is 5.73 Å². The van der Waals surface area contributed by atoms with Gasteiger partial charge in [-0.2, -0.15) is 5.10 Å². The fourth-order valence-corrected chi connectivity index (χ4v) is 2.04. The normalized spacial score (nSPS) is 14.7. The van der Waals surface area contributed by atoms with Gasteiger partial charge in [-0.3, -0.25) is 0 Å². The first-order chi connectivity index (χ1) is 8.47. The van der Waals surface area contributed by atoms with Gasteiger partial charge in [-0.15, -0.1) is 0 Å². The van der Waals surface area contributed by atoms with Gasteiger partial charge in [0.05, 0.1) is 0 Å². The van der Waals surface area contributed by atoms with Crippen LogP contribution < -0.4 is 16.7 Å². The lowest BCUT2D eigenvalue weighted by molar-refractivity contribution is 0.603. The summed E-state index contributed by atoms with van der Waals surface area (Å²) in [6.45, 7) is 5.78. The molecule has 0 radical (unpaired) electrons. The quantitative estimate of drug-likeness (QED) is 0.722. The number of aromatic amines is 1. The Morgan fingerprint density at radius 2 is 2.28 bits per heavy atom. The van der Waals surface area contributed by atoms with Gasteiger partial charge in [-0.1, -0.05) is 0 Å². The van der Waals surface area contributed by atoms with E-state index in [9.17, 15) is 4.79 Å². The molecule has 18 heavy (non-hydrogen) atoms. The number of nitrogens with one attached hydrogen (secondary N) is 2. The number of aromatic nitrogens is 4. The molecule has 2 atom stereocenters. The summed E-state index contributed by atoms with van der Waals surface area (Å²) in [5.41, 5.74) is 6.03. The van der Waals surface area contributed by atoms with Gasteiger partial charge in [-0.05, 0) is 27.2 Å². The molecule has 0 aliphatic heterocycles. The first-order valence-electron chi connectivity index (χ1n) is 5.94. The molecule has 98 valence electrons. The Labute approximate surface area is 104 Å². The standard InChI is InChI=1S/C11H18N6O/c1-6(12)4-7(2)13-9-5-10-15-16-11(18)17(10)8(3)14-9/h5-7,13H,4,12H2,1-3H3,(H,16,18). The molecular formula is C11H18N6O. The molecule has 0 saturated carbocycles. The van der Waals surface area contributed by atoms with Gasteiger partial charge in [-0.25, -0.2) is 19.3 Å². The third-order valence-electron chi connectivity index (χ3n) is 2.69. The van der Waals surface area contributed by atoms with E-state index in [1.807, 2.05) is 13.8 Å². The molecule has 0 spiro atoms. The first-order valence-corrected chi connectivity index (χ1v) is 5.94. The van der Waals surface area contributed by atoms with E-state index in [1.54, 1.807) is 13.0 Å². The van der Waals surface area contributed by atoms with E-state index in [-0.39, 0.29) is 17.8 Å². The minimum absolute atomic E-state index is 0.130. The smallest absolute Gasteiger partial charge is 0.349 e. The monoisotopic (exact) mass is 250 g/mol. The lowest BCUT2D eigenvalue weighted by Crippen LogP contribution is -2.26. The number of nitrogens with zero attached hydrogens (tertiary/aromatic N) is 3. The highest BCUT2D eigenvalue weighted by molar-refractivity contribution is 5.50. The Balaban J connectivity index is 2.27. The molecule has 2 aromatic rings. The average Bonchev–Trinajstić information content (AvgIpc) is 2.58. The topological polar surface area (TPSA) is 101 Å². The van der Waals surface area contributed by atoms with Crippen molar-refractivity contribution < 1.29 is 0 Å². The van der Waals surface area contributed by atoms with Crippen LogP contribution in [0.3, 0.4) is 0 Å². The summed E-state index contributed by atoms with van der Waals surface area (Å²) in [6, 6.07) is 2.08. The molecule has 2 aromatic heterocycles. The summed E-state index contributed by atoms with van der Waals surface area (Å²) in [7, 11) is 0. The molecule has 2 heterocycles.